The molecule has 10 rings (SSSR count). The molecule has 0 N–H and O–H groups in total. The Balaban J connectivity index is 1.41. The average molecular weight is 790 g/mol. The molecule has 0 bridgehead atoms. The van der Waals surface area contributed by atoms with Crippen LogP contribution >= 0.6 is 0 Å². The van der Waals surface area contributed by atoms with Gasteiger partial charge in [-0.2, -0.15) is 0 Å². The van der Waals surface area contributed by atoms with Crippen molar-refractivity contribution in [1.82, 2.24) is 9.13 Å². The lowest BCUT2D eigenvalue weighted by atomic mass is 9.85. The van der Waals surface area contributed by atoms with E-state index < -0.39 is 50.4 Å². The van der Waals surface area contributed by atoms with Gasteiger partial charge in [0.05, 0.1) is 37.1 Å². The van der Waals surface area contributed by atoms with Crippen LogP contribution in [0, 0.1) is 0 Å². The van der Waals surface area contributed by atoms with Gasteiger partial charge >= 0.3 is 0 Å². The molecule has 0 radical (unpaired) electrons. The maximum Gasteiger partial charge on any atom is 0.179 e. The van der Waals surface area contributed by atoms with Gasteiger partial charge in [-0.1, -0.05) is 175 Å². The van der Waals surface area contributed by atoms with Gasteiger partial charge in [0.25, 0.3) is 0 Å². The fourth-order valence-corrected chi connectivity index (χ4v) is 13.2. The summed E-state index contributed by atoms with van der Waals surface area (Å²) in [6, 6.07) is 35.8. The molecular formula is C56H50N2Si. The Morgan fingerprint density at radius 1 is 0.390 bits per heavy atom. The molecule has 10 aromatic rings. The van der Waals surface area contributed by atoms with Crippen molar-refractivity contribution in [1.29, 1.82) is 0 Å². The molecule has 288 valence electrons. The van der Waals surface area contributed by atoms with Crippen molar-refractivity contribution in [3.63, 3.8) is 0 Å². The lowest BCUT2D eigenvalue weighted by Crippen LogP contribution is -2.74. The molecule has 0 saturated carbocycles. The standard InChI is InChI=1S/C56H50N2Si/c1-55(2,3)39-29-32-52-48(35-39)49-36-40(56(4,5)6)30-33-53(49)58(52)42-31-34-54-50(38-42)47-27-16-17-28-51(47)57(54)41-19-18-26-46(37-41)59(43-20-10-7-11-21-43,44-22-12-8-13-23-44)45-24-14-9-15-25-45/h7-38H,1-6H3/i16D,17D,18D,19D,26D,27D,28D,31D,34D,37D,38D. The van der Waals surface area contributed by atoms with Crippen molar-refractivity contribution in [2.24, 2.45) is 0 Å². The fourth-order valence-electron chi connectivity index (χ4n) is 8.67. The number of benzene rings is 8. The summed E-state index contributed by atoms with van der Waals surface area (Å²) in [7, 11) is -3.80. The molecule has 0 aliphatic heterocycles. The van der Waals surface area contributed by atoms with Crippen molar-refractivity contribution >= 4 is 72.4 Å². The molecule has 59 heavy (non-hydrogen) atoms. The molecule has 2 aromatic heterocycles. The molecule has 2 nitrogen and oxygen atoms in total. The fraction of sp³-hybridized carbons (Fsp3) is 0.143. The van der Waals surface area contributed by atoms with Crippen LogP contribution in [0.4, 0.5) is 0 Å². The molecule has 2 heterocycles. The number of aromatic nitrogens is 2. The number of fused-ring (bicyclic) bond motifs is 6. The average Bonchev–Trinajstić information content (AvgIpc) is 3.86. The molecule has 0 spiro atoms. The van der Waals surface area contributed by atoms with Crippen molar-refractivity contribution < 1.29 is 15.1 Å². The normalized spacial score (nSPS) is 15.2. The Bertz CT molecular complexity index is 3630. The van der Waals surface area contributed by atoms with Gasteiger partial charge in [0.15, 0.2) is 8.07 Å². The summed E-state index contributed by atoms with van der Waals surface area (Å²) in [5.41, 5.74) is 2.46. The van der Waals surface area contributed by atoms with Crippen LogP contribution < -0.4 is 20.7 Å². The Morgan fingerprint density at radius 3 is 1.39 bits per heavy atom. The van der Waals surface area contributed by atoms with Gasteiger partial charge < -0.3 is 9.13 Å². The summed E-state index contributed by atoms with van der Waals surface area (Å²) in [6.45, 7) is 12.8. The zero-order valence-electron chi connectivity index (χ0n) is 45.0. The van der Waals surface area contributed by atoms with E-state index >= 15 is 0 Å². The summed E-state index contributed by atoms with van der Waals surface area (Å²) in [6.07, 6.45) is 0. The van der Waals surface area contributed by atoms with E-state index in [1.807, 2.05) is 115 Å². The summed E-state index contributed by atoms with van der Waals surface area (Å²) >= 11 is 0. The van der Waals surface area contributed by atoms with E-state index in [1.165, 1.54) is 4.57 Å². The first-order chi connectivity index (χ1) is 33.1. The lowest BCUT2D eigenvalue weighted by Gasteiger charge is -2.34. The van der Waals surface area contributed by atoms with Gasteiger partial charge in [0.2, 0.25) is 0 Å². The Kier molecular flexibility index (Phi) is 6.24. The number of para-hydroxylation sites is 1. The molecular weight excluding hydrogens is 729 g/mol. The monoisotopic (exact) mass is 789 g/mol. The van der Waals surface area contributed by atoms with Crippen molar-refractivity contribution in [3.05, 3.63) is 205 Å². The topological polar surface area (TPSA) is 9.86 Å². The molecule has 0 amide bonds. The van der Waals surface area contributed by atoms with Gasteiger partial charge in [0.1, 0.15) is 0 Å². The SMILES string of the molecule is [2H]c1c([2H])c(-n2c3c([2H])c([2H])c([2H])c([2H])c3c3c([2H])c(-n4c5ccc(C(C)(C)C)cc5c5cc(C(C)(C)C)ccc54)c([2H])c([2H])c32)c([2H])c([Si](c2ccccc2)(c2ccccc2)c2ccccc2)c1[2H]. The van der Waals surface area contributed by atoms with Crippen LogP contribution in [0.5, 0.6) is 0 Å². The van der Waals surface area contributed by atoms with Crippen LogP contribution in [-0.2, 0) is 10.8 Å². The van der Waals surface area contributed by atoms with Crippen LogP contribution in [0.15, 0.2) is 194 Å². The minimum absolute atomic E-state index is 0.0280. The minimum Gasteiger partial charge on any atom is -0.309 e. The molecule has 8 aromatic carbocycles. The van der Waals surface area contributed by atoms with Crippen molar-refractivity contribution in [3.8, 4) is 11.4 Å². The largest absolute Gasteiger partial charge is 0.309 e. The highest BCUT2D eigenvalue weighted by atomic mass is 28.3. The van der Waals surface area contributed by atoms with E-state index in [4.69, 9.17) is 2.74 Å². The number of hydrogen-bond acceptors (Lipinski definition) is 0. The molecule has 0 saturated heterocycles. The highest BCUT2D eigenvalue weighted by Gasteiger charge is 2.41. The molecule has 3 heteroatoms. The summed E-state index contributed by atoms with van der Waals surface area (Å²) in [4.78, 5) is 0. The second-order valence-electron chi connectivity index (χ2n) is 17.4. The molecule has 0 unspecified atom stereocenters. The first kappa shape index (κ1) is 26.6. The predicted molar refractivity (Wildman–Crippen MR) is 256 cm³/mol. The van der Waals surface area contributed by atoms with Gasteiger partial charge in [0, 0.05) is 32.9 Å². The van der Waals surface area contributed by atoms with E-state index in [9.17, 15) is 12.3 Å². The van der Waals surface area contributed by atoms with E-state index in [-0.39, 0.29) is 73.4 Å². The van der Waals surface area contributed by atoms with Gasteiger partial charge in [-0.3, -0.25) is 0 Å². The Labute approximate surface area is 364 Å². The summed E-state index contributed by atoms with van der Waals surface area (Å²) in [5, 5.41) is 4.14. The Morgan fingerprint density at radius 2 is 0.864 bits per heavy atom. The maximum absolute atomic E-state index is 10.5. The molecule has 0 aliphatic carbocycles. The van der Waals surface area contributed by atoms with Gasteiger partial charge in [-0.05, 0) is 103 Å². The Hall–Kier alpha value is -6.42. The van der Waals surface area contributed by atoms with Gasteiger partial charge in [-0.15, -0.1) is 0 Å². The van der Waals surface area contributed by atoms with Crippen LogP contribution in [0.1, 0.15) is 67.7 Å². The first-order valence-electron chi connectivity index (χ1n) is 25.5. The zero-order valence-corrected chi connectivity index (χ0v) is 35.0. The highest BCUT2D eigenvalue weighted by Crippen LogP contribution is 2.39. The summed E-state index contributed by atoms with van der Waals surface area (Å²) in [5.74, 6) is 0. The first-order valence-corrected chi connectivity index (χ1v) is 22.0. The van der Waals surface area contributed by atoms with Gasteiger partial charge in [-0.25, -0.2) is 0 Å². The molecule has 0 fully saturated rings. The number of rotatable bonds is 6. The minimum atomic E-state index is -3.80. The maximum atomic E-state index is 10.5. The van der Waals surface area contributed by atoms with E-state index in [0.29, 0.717) is 11.0 Å². The van der Waals surface area contributed by atoms with E-state index in [0.717, 1.165) is 37.5 Å². The quantitative estimate of drug-likeness (QED) is 0.117. The zero-order chi connectivity index (χ0) is 50.1. The third kappa shape index (κ3) is 5.98. The number of nitrogens with zero attached hydrogens (tertiary/aromatic N) is 2. The molecule has 0 atom stereocenters. The van der Waals surface area contributed by atoms with Crippen molar-refractivity contribution in [2.75, 3.05) is 0 Å². The van der Waals surface area contributed by atoms with E-state index in [1.54, 1.807) is 4.57 Å². The van der Waals surface area contributed by atoms with E-state index in [2.05, 4.69) is 53.7 Å². The summed E-state index contributed by atoms with van der Waals surface area (Å²) < 4.78 is 110. The van der Waals surface area contributed by atoms with Crippen LogP contribution in [0.3, 0.4) is 0 Å². The van der Waals surface area contributed by atoms with Crippen LogP contribution in [0.25, 0.3) is 55.0 Å². The third-order valence-corrected chi connectivity index (χ3v) is 16.3. The predicted octanol–water partition coefficient (Wildman–Crippen LogP) is 11.9. The third-order valence-electron chi connectivity index (χ3n) is 11.7. The smallest absolute Gasteiger partial charge is 0.179 e. The second-order valence-corrected chi connectivity index (χ2v) is 21.1. The van der Waals surface area contributed by atoms with Crippen LogP contribution in [0.2, 0.25) is 0 Å². The second kappa shape index (κ2) is 13.9. The van der Waals surface area contributed by atoms with Crippen LogP contribution in [-0.4, -0.2) is 17.2 Å². The molecule has 0 aliphatic rings. The van der Waals surface area contributed by atoms with Crippen molar-refractivity contribution in [2.45, 2.75) is 52.4 Å². The number of hydrogen-bond donors (Lipinski definition) is 0. The highest BCUT2D eigenvalue weighted by molar-refractivity contribution is 7.19. The lowest BCUT2D eigenvalue weighted by molar-refractivity contribution is 0.590.